The molecule has 0 radical (unpaired) electrons. The fraction of sp³-hybridized carbons (Fsp3) is 0.160. The number of methoxy groups -OCH3 is 1. The number of carbonyl (C=O) groups excluding carboxylic acids is 1. The molecule has 7 nitrogen and oxygen atoms in total. The minimum absolute atomic E-state index is 0.220. The number of fused-ring (bicyclic) bond motifs is 1. The average molecular weight is 458 g/mol. The van der Waals surface area contributed by atoms with Gasteiger partial charge in [0.15, 0.2) is 5.82 Å². The second-order valence-electron chi connectivity index (χ2n) is 7.53. The standard InChI is InChI=1S/C25H23N5O2S/c1-30(2)17-8-11-22-20(13-17)23(27-15-19-5-4-12-33-19)21(14-26)24(28-22)29-25(31)16-6-9-18(32-3)10-7-16/h4-13H,15H2,1-3H3,(H2,27,28,29,31). The van der Waals surface area contributed by atoms with E-state index in [-0.39, 0.29) is 17.3 Å². The molecular weight excluding hydrogens is 434 g/mol. The molecular formula is C25H23N5O2S. The number of rotatable bonds is 7. The number of benzene rings is 2. The summed E-state index contributed by atoms with van der Waals surface area (Å²) in [5.74, 6) is 0.525. The minimum Gasteiger partial charge on any atom is -0.497 e. The molecule has 0 atom stereocenters. The Balaban J connectivity index is 1.77. The molecule has 0 bridgehead atoms. The Labute approximate surface area is 196 Å². The number of pyridine rings is 1. The first-order valence-electron chi connectivity index (χ1n) is 10.3. The molecule has 0 aliphatic rings. The van der Waals surface area contributed by atoms with Crippen LogP contribution in [0.1, 0.15) is 20.8 Å². The van der Waals surface area contributed by atoms with Crippen molar-refractivity contribution >= 4 is 45.3 Å². The molecule has 0 fully saturated rings. The van der Waals surface area contributed by atoms with Gasteiger partial charge in [0.05, 0.1) is 18.3 Å². The van der Waals surface area contributed by atoms with E-state index in [1.807, 2.05) is 54.7 Å². The number of thiophene rings is 1. The van der Waals surface area contributed by atoms with E-state index in [0.717, 1.165) is 16.0 Å². The quantitative estimate of drug-likeness (QED) is 0.401. The summed E-state index contributed by atoms with van der Waals surface area (Å²) in [7, 11) is 5.49. The largest absolute Gasteiger partial charge is 0.497 e. The maximum absolute atomic E-state index is 12.9. The third-order valence-corrected chi connectivity index (χ3v) is 6.08. The lowest BCUT2D eigenvalue weighted by atomic mass is 10.1. The van der Waals surface area contributed by atoms with Crippen molar-refractivity contribution in [2.75, 3.05) is 36.7 Å². The lowest BCUT2D eigenvalue weighted by Crippen LogP contribution is -2.15. The number of carbonyl (C=O) groups is 1. The van der Waals surface area contributed by atoms with Crippen molar-refractivity contribution in [3.8, 4) is 11.8 Å². The minimum atomic E-state index is -0.352. The first kappa shape index (κ1) is 22.1. The predicted molar refractivity (Wildman–Crippen MR) is 133 cm³/mol. The molecule has 8 heteroatoms. The number of ether oxygens (including phenoxy) is 1. The van der Waals surface area contributed by atoms with Crippen LogP contribution in [-0.4, -0.2) is 32.1 Å². The van der Waals surface area contributed by atoms with E-state index < -0.39 is 0 Å². The van der Waals surface area contributed by atoms with Gasteiger partial charge in [-0.25, -0.2) is 4.98 Å². The van der Waals surface area contributed by atoms with Crippen LogP contribution in [0.3, 0.4) is 0 Å². The third kappa shape index (κ3) is 4.73. The van der Waals surface area contributed by atoms with Crippen molar-refractivity contribution in [3.05, 3.63) is 76.0 Å². The van der Waals surface area contributed by atoms with Crippen LogP contribution in [0.15, 0.2) is 60.0 Å². The number of nitrogens with zero attached hydrogens (tertiary/aromatic N) is 3. The van der Waals surface area contributed by atoms with Crippen LogP contribution < -0.4 is 20.3 Å². The summed E-state index contributed by atoms with van der Waals surface area (Å²) in [6.45, 7) is 0.559. The molecule has 2 heterocycles. The van der Waals surface area contributed by atoms with Gasteiger partial charge < -0.3 is 20.3 Å². The van der Waals surface area contributed by atoms with Crippen molar-refractivity contribution in [2.45, 2.75) is 6.54 Å². The van der Waals surface area contributed by atoms with E-state index in [4.69, 9.17) is 4.74 Å². The number of hydrogen-bond acceptors (Lipinski definition) is 7. The monoisotopic (exact) mass is 457 g/mol. The van der Waals surface area contributed by atoms with Gasteiger partial charge in [-0.2, -0.15) is 5.26 Å². The molecule has 0 saturated carbocycles. The zero-order chi connectivity index (χ0) is 23.4. The van der Waals surface area contributed by atoms with Crippen molar-refractivity contribution < 1.29 is 9.53 Å². The molecule has 4 aromatic rings. The number of nitriles is 1. The summed E-state index contributed by atoms with van der Waals surface area (Å²) in [6.07, 6.45) is 0. The Bertz CT molecular complexity index is 1330. The van der Waals surface area contributed by atoms with Gasteiger partial charge in [-0.3, -0.25) is 4.79 Å². The van der Waals surface area contributed by atoms with Gasteiger partial charge in [-0.05, 0) is 53.9 Å². The summed E-state index contributed by atoms with van der Waals surface area (Å²) in [6, 6.07) is 18.9. The van der Waals surface area contributed by atoms with Gasteiger partial charge in [0.1, 0.15) is 17.4 Å². The van der Waals surface area contributed by atoms with Gasteiger partial charge in [0.25, 0.3) is 5.91 Å². The normalized spacial score (nSPS) is 10.5. The summed E-state index contributed by atoms with van der Waals surface area (Å²) < 4.78 is 5.15. The van der Waals surface area contributed by atoms with E-state index in [1.165, 1.54) is 0 Å². The van der Waals surface area contributed by atoms with Crippen LogP contribution in [0.25, 0.3) is 10.9 Å². The first-order valence-corrected chi connectivity index (χ1v) is 11.1. The molecule has 0 unspecified atom stereocenters. The highest BCUT2D eigenvalue weighted by molar-refractivity contribution is 7.09. The van der Waals surface area contributed by atoms with Gasteiger partial charge in [0, 0.05) is 42.2 Å². The fourth-order valence-electron chi connectivity index (χ4n) is 3.42. The number of hydrogen-bond donors (Lipinski definition) is 2. The van der Waals surface area contributed by atoms with Gasteiger partial charge in [-0.15, -0.1) is 11.3 Å². The second kappa shape index (κ2) is 9.59. The zero-order valence-electron chi connectivity index (χ0n) is 18.5. The van der Waals surface area contributed by atoms with Crippen LogP contribution in [0.4, 0.5) is 17.2 Å². The van der Waals surface area contributed by atoms with Crippen molar-refractivity contribution in [3.63, 3.8) is 0 Å². The van der Waals surface area contributed by atoms with Crippen LogP contribution in [0.5, 0.6) is 5.75 Å². The van der Waals surface area contributed by atoms with Gasteiger partial charge in [0.2, 0.25) is 0 Å². The molecule has 2 aromatic carbocycles. The summed E-state index contributed by atoms with van der Waals surface area (Å²) >= 11 is 1.63. The Morgan fingerprint density at radius 1 is 1.18 bits per heavy atom. The average Bonchev–Trinajstić information content (AvgIpc) is 3.35. The molecule has 2 aromatic heterocycles. The second-order valence-corrected chi connectivity index (χ2v) is 8.57. The zero-order valence-corrected chi connectivity index (χ0v) is 19.4. The smallest absolute Gasteiger partial charge is 0.256 e. The molecule has 0 spiro atoms. The maximum atomic E-state index is 12.9. The molecule has 1 amide bonds. The van der Waals surface area contributed by atoms with E-state index in [1.54, 1.807) is 42.7 Å². The Morgan fingerprint density at radius 2 is 1.97 bits per heavy atom. The van der Waals surface area contributed by atoms with E-state index in [0.29, 0.717) is 29.1 Å². The number of anilines is 3. The van der Waals surface area contributed by atoms with Crippen molar-refractivity contribution in [1.29, 1.82) is 5.26 Å². The topological polar surface area (TPSA) is 90.3 Å². The number of amides is 1. The van der Waals surface area contributed by atoms with Crippen molar-refractivity contribution in [2.24, 2.45) is 0 Å². The predicted octanol–water partition coefficient (Wildman–Crippen LogP) is 5.11. The summed E-state index contributed by atoms with van der Waals surface area (Å²) in [5, 5.41) is 19.1. The molecule has 4 rings (SSSR count). The highest BCUT2D eigenvalue weighted by Gasteiger charge is 2.19. The van der Waals surface area contributed by atoms with E-state index in [9.17, 15) is 10.1 Å². The van der Waals surface area contributed by atoms with Crippen molar-refractivity contribution in [1.82, 2.24) is 4.98 Å². The first-order chi connectivity index (χ1) is 16.0. The fourth-order valence-corrected chi connectivity index (χ4v) is 4.07. The SMILES string of the molecule is COc1ccc(C(=O)Nc2nc3ccc(N(C)C)cc3c(NCc3cccs3)c2C#N)cc1. The van der Waals surface area contributed by atoms with E-state index in [2.05, 4.69) is 21.7 Å². The number of aromatic nitrogens is 1. The van der Waals surface area contributed by atoms with Crippen LogP contribution in [0, 0.1) is 11.3 Å². The third-order valence-electron chi connectivity index (χ3n) is 5.20. The van der Waals surface area contributed by atoms with Crippen LogP contribution in [0.2, 0.25) is 0 Å². The maximum Gasteiger partial charge on any atom is 0.256 e. The molecule has 2 N–H and O–H groups in total. The van der Waals surface area contributed by atoms with Gasteiger partial charge >= 0.3 is 0 Å². The molecule has 33 heavy (non-hydrogen) atoms. The Kier molecular flexibility index (Phi) is 6.43. The Hall–Kier alpha value is -4.09. The summed E-state index contributed by atoms with van der Waals surface area (Å²) in [4.78, 5) is 20.6. The Morgan fingerprint density at radius 3 is 2.61 bits per heavy atom. The molecule has 166 valence electrons. The molecule has 0 saturated heterocycles. The molecule has 0 aliphatic heterocycles. The highest BCUT2D eigenvalue weighted by Crippen LogP contribution is 2.34. The van der Waals surface area contributed by atoms with Crippen LogP contribution in [-0.2, 0) is 6.54 Å². The lowest BCUT2D eigenvalue weighted by molar-refractivity contribution is 0.102. The van der Waals surface area contributed by atoms with E-state index >= 15 is 0 Å². The van der Waals surface area contributed by atoms with Crippen LogP contribution >= 0.6 is 11.3 Å². The highest BCUT2D eigenvalue weighted by atomic mass is 32.1. The lowest BCUT2D eigenvalue weighted by Gasteiger charge is -2.18. The molecule has 0 aliphatic carbocycles. The summed E-state index contributed by atoms with van der Waals surface area (Å²) in [5.41, 5.74) is 3.04. The van der Waals surface area contributed by atoms with Gasteiger partial charge in [-0.1, -0.05) is 6.07 Å². The number of nitrogens with one attached hydrogen (secondary N) is 2.